The molecule has 4 aromatic heterocycles. The molecule has 128 valence electrons. The van der Waals surface area contributed by atoms with Crippen molar-refractivity contribution in [3.05, 3.63) is 76.2 Å². The van der Waals surface area contributed by atoms with Crippen molar-refractivity contribution in [3.63, 3.8) is 0 Å². The summed E-state index contributed by atoms with van der Waals surface area (Å²) < 4.78 is 3.58. The molecule has 0 bridgehead atoms. The molecule has 7 heteroatoms. The van der Waals surface area contributed by atoms with Crippen molar-refractivity contribution in [1.82, 2.24) is 14.0 Å². The minimum absolute atomic E-state index is 0.0544. The van der Waals surface area contributed by atoms with E-state index in [1.807, 2.05) is 40.4 Å². The van der Waals surface area contributed by atoms with E-state index in [1.54, 1.807) is 16.7 Å². The van der Waals surface area contributed by atoms with Crippen molar-refractivity contribution in [2.24, 2.45) is 0 Å². The molecule has 0 spiro atoms. The van der Waals surface area contributed by atoms with Crippen molar-refractivity contribution < 1.29 is 0 Å². The third kappa shape index (κ3) is 2.73. The third-order valence-electron chi connectivity index (χ3n) is 4.09. The number of nitrogens with zero attached hydrogens (tertiary/aromatic N) is 4. The van der Waals surface area contributed by atoms with Crippen molar-refractivity contribution in [2.45, 2.75) is 17.5 Å². The molecular weight excluding hydrogens is 364 g/mol. The second-order valence-electron chi connectivity index (χ2n) is 5.66. The molecule has 0 fully saturated rings. The number of thioether (sulfide) groups is 1. The van der Waals surface area contributed by atoms with Crippen molar-refractivity contribution in [1.29, 1.82) is 5.26 Å². The molecule has 5 nitrogen and oxygen atoms in total. The largest absolute Gasteiger partial charge is 0.322 e. The van der Waals surface area contributed by atoms with E-state index in [0.717, 1.165) is 15.9 Å². The molecule has 0 atom stereocenters. The number of nitriles is 1. The van der Waals surface area contributed by atoms with E-state index in [2.05, 4.69) is 17.6 Å². The fourth-order valence-electron chi connectivity index (χ4n) is 2.89. The van der Waals surface area contributed by atoms with Crippen LogP contribution < -0.4 is 5.56 Å². The first-order valence-corrected chi connectivity index (χ1v) is 9.80. The highest BCUT2D eigenvalue weighted by molar-refractivity contribution is 7.98. The van der Waals surface area contributed by atoms with Gasteiger partial charge in [-0.05, 0) is 29.1 Å². The van der Waals surface area contributed by atoms with Gasteiger partial charge < -0.3 is 4.40 Å². The Morgan fingerprint density at radius 1 is 1.38 bits per heavy atom. The highest BCUT2D eigenvalue weighted by Crippen LogP contribution is 2.27. The van der Waals surface area contributed by atoms with Gasteiger partial charge in [0, 0.05) is 24.7 Å². The molecule has 4 heterocycles. The third-order valence-corrected chi connectivity index (χ3v) is 5.92. The van der Waals surface area contributed by atoms with Crippen LogP contribution in [0.1, 0.15) is 11.1 Å². The maximum absolute atomic E-state index is 12.7. The Balaban J connectivity index is 1.74. The minimum atomic E-state index is -0.0544. The Labute approximate surface area is 157 Å². The first kappa shape index (κ1) is 16.6. The fourth-order valence-corrected chi connectivity index (χ4v) is 4.67. The summed E-state index contributed by atoms with van der Waals surface area (Å²) in [4.78, 5) is 18.1. The smallest absolute Gasteiger partial charge is 0.263 e. The average Bonchev–Trinajstić information content (AvgIpc) is 3.26. The van der Waals surface area contributed by atoms with Gasteiger partial charge in [-0.25, -0.2) is 4.98 Å². The Hall–Kier alpha value is -2.82. The second kappa shape index (κ2) is 6.83. The fraction of sp³-hybridized carbons (Fsp3) is 0.105. The van der Waals surface area contributed by atoms with Crippen LogP contribution in [0.3, 0.4) is 0 Å². The first-order valence-electron chi connectivity index (χ1n) is 7.93. The van der Waals surface area contributed by atoms with Gasteiger partial charge in [-0.2, -0.15) is 5.26 Å². The summed E-state index contributed by atoms with van der Waals surface area (Å²) in [5.41, 5.74) is 2.42. The van der Waals surface area contributed by atoms with Gasteiger partial charge in [-0.1, -0.05) is 23.9 Å². The van der Waals surface area contributed by atoms with Crippen LogP contribution in [0.4, 0.5) is 0 Å². The Morgan fingerprint density at radius 3 is 3.08 bits per heavy atom. The SMILES string of the molecule is C=CCn1c(SCc2cn3ccccc3c2C#N)nc2sccc2c1=O. The molecule has 0 aliphatic rings. The number of pyridine rings is 1. The zero-order valence-electron chi connectivity index (χ0n) is 13.8. The van der Waals surface area contributed by atoms with Crippen LogP contribution in [-0.2, 0) is 12.3 Å². The Morgan fingerprint density at radius 2 is 2.27 bits per heavy atom. The summed E-state index contributed by atoms with van der Waals surface area (Å²) in [6, 6.07) is 9.87. The van der Waals surface area contributed by atoms with Gasteiger partial charge in [0.2, 0.25) is 0 Å². The average molecular weight is 378 g/mol. The van der Waals surface area contributed by atoms with E-state index < -0.39 is 0 Å². The zero-order valence-corrected chi connectivity index (χ0v) is 15.4. The van der Waals surface area contributed by atoms with Crippen molar-refractivity contribution >= 4 is 38.8 Å². The summed E-state index contributed by atoms with van der Waals surface area (Å²) >= 11 is 2.92. The Kier molecular flexibility index (Phi) is 4.37. The Bertz CT molecular complexity index is 1230. The van der Waals surface area contributed by atoms with Gasteiger partial charge in [0.05, 0.1) is 16.5 Å². The summed E-state index contributed by atoms with van der Waals surface area (Å²) in [6.45, 7) is 4.15. The molecule has 4 aromatic rings. The van der Waals surface area contributed by atoms with Crippen LogP contribution in [0.15, 0.2) is 64.6 Å². The molecule has 0 N–H and O–H groups in total. The lowest BCUT2D eigenvalue weighted by Crippen LogP contribution is -2.22. The number of rotatable bonds is 5. The molecule has 0 saturated carbocycles. The lowest BCUT2D eigenvalue weighted by Gasteiger charge is -2.09. The van der Waals surface area contributed by atoms with E-state index in [-0.39, 0.29) is 5.56 Å². The summed E-state index contributed by atoms with van der Waals surface area (Å²) in [5.74, 6) is 0.561. The highest BCUT2D eigenvalue weighted by atomic mass is 32.2. The number of hydrogen-bond donors (Lipinski definition) is 0. The number of fused-ring (bicyclic) bond motifs is 2. The van der Waals surface area contributed by atoms with Gasteiger partial charge in [-0.15, -0.1) is 17.9 Å². The molecule has 0 aliphatic heterocycles. The number of allylic oxidation sites excluding steroid dienone is 1. The molecule has 26 heavy (non-hydrogen) atoms. The maximum Gasteiger partial charge on any atom is 0.263 e. The van der Waals surface area contributed by atoms with Crippen LogP contribution >= 0.6 is 23.1 Å². The molecule has 0 amide bonds. The van der Waals surface area contributed by atoms with Crippen LogP contribution in [-0.4, -0.2) is 14.0 Å². The van der Waals surface area contributed by atoms with E-state index in [0.29, 0.717) is 28.4 Å². The van der Waals surface area contributed by atoms with Gasteiger partial charge in [0.1, 0.15) is 10.9 Å². The molecular formula is C19H14N4OS2. The van der Waals surface area contributed by atoms with E-state index in [1.165, 1.54) is 23.1 Å². The van der Waals surface area contributed by atoms with Gasteiger partial charge in [-0.3, -0.25) is 9.36 Å². The summed E-state index contributed by atoms with van der Waals surface area (Å²) in [5, 5.41) is 12.7. The number of aromatic nitrogens is 3. The first-order chi connectivity index (χ1) is 12.7. The lowest BCUT2D eigenvalue weighted by atomic mass is 10.2. The number of thiophene rings is 1. The van der Waals surface area contributed by atoms with E-state index in [9.17, 15) is 10.1 Å². The summed E-state index contributed by atoms with van der Waals surface area (Å²) in [7, 11) is 0. The standard InChI is InChI=1S/C19H14N4OS2/c1-2-7-23-18(24)14-6-9-25-17(14)21-19(23)26-12-13-11-22-8-4-3-5-16(22)15(13)10-20/h2-6,8-9,11H,1,7,12H2. The van der Waals surface area contributed by atoms with Crippen LogP contribution in [0.5, 0.6) is 0 Å². The van der Waals surface area contributed by atoms with Gasteiger partial charge >= 0.3 is 0 Å². The van der Waals surface area contributed by atoms with Crippen molar-refractivity contribution in [2.75, 3.05) is 0 Å². The van der Waals surface area contributed by atoms with Crippen LogP contribution in [0.2, 0.25) is 0 Å². The van der Waals surface area contributed by atoms with E-state index in [4.69, 9.17) is 0 Å². The quantitative estimate of drug-likeness (QED) is 0.298. The lowest BCUT2D eigenvalue weighted by molar-refractivity contribution is 0.673. The molecule has 0 saturated heterocycles. The predicted octanol–water partition coefficient (Wildman–Crippen LogP) is 4.06. The molecule has 0 aliphatic carbocycles. The van der Waals surface area contributed by atoms with Crippen molar-refractivity contribution in [3.8, 4) is 6.07 Å². The van der Waals surface area contributed by atoms with Gasteiger partial charge in [0.25, 0.3) is 5.56 Å². The monoisotopic (exact) mass is 378 g/mol. The molecule has 0 radical (unpaired) electrons. The number of hydrogen-bond acceptors (Lipinski definition) is 5. The van der Waals surface area contributed by atoms with E-state index >= 15 is 0 Å². The molecule has 4 rings (SSSR count). The normalized spacial score (nSPS) is 11.0. The minimum Gasteiger partial charge on any atom is -0.322 e. The molecule has 0 aromatic carbocycles. The zero-order chi connectivity index (χ0) is 18.1. The van der Waals surface area contributed by atoms with Crippen LogP contribution in [0.25, 0.3) is 15.7 Å². The summed E-state index contributed by atoms with van der Waals surface area (Å²) in [6.07, 6.45) is 5.58. The topological polar surface area (TPSA) is 63.1 Å². The van der Waals surface area contributed by atoms with Gasteiger partial charge in [0.15, 0.2) is 5.16 Å². The van der Waals surface area contributed by atoms with Crippen LogP contribution in [0, 0.1) is 11.3 Å². The second-order valence-corrected chi connectivity index (χ2v) is 7.50. The highest BCUT2D eigenvalue weighted by Gasteiger charge is 2.15. The maximum atomic E-state index is 12.7. The molecule has 0 unspecified atom stereocenters. The predicted molar refractivity (Wildman–Crippen MR) is 106 cm³/mol.